The Labute approximate surface area is 68.5 Å². The van der Waals surface area contributed by atoms with E-state index >= 15 is 0 Å². The second-order valence-electron chi connectivity index (χ2n) is 2.38. The standard InChI is InChI=1S/C10H13N/c1-5-8-11-10(4)7-6-9(2)3/h5,8-9H,1,4H2,2-3H3. The van der Waals surface area contributed by atoms with E-state index in [1.165, 1.54) is 0 Å². The van der Waals surface area contributed by atoms with Gasteiger partial charge in [0.15, 0.2) is 0 Å². The molecule has 0 saturated carbocycles. The van der Waals surface area contributed by atoms with Gasteiger partial charge < -0.3 is 0 Å². The highest BCUT2D eigenvalue weighted by Crippen LogP contribution is 1.91. The lowest BCUT2D eigenvalue weighted by Crippen LogP contribution is -1.78. The van der Waals surface area contributed by atoms with Gasteiger partial charge in [0.25, 0.3) is 0 Å². The molecule has 11 heavy (non-hydrogen) atoms. The molecule has 0 amide bonds. The molecule has 0 spiro atoms. The van der Waals surface area contributed by atoms with Crippen LogP contribution >= 0.6 is 0 Å². The van der Waals surface area contributed by atoms with E-state index in [2.05, 4.69) is 30.0 Å². The highest BCUT2D eigenvalue weighted by atomic mass is 14.7. The molecule has 0 radical (unpaired) electrons. The second kappa shape index (κ2) is 5.49. The quantitative estimate of drug-likeness (QED) is 0.420. The summed E-state index contributed by atoms with van der Waals surface area (Å²) in [4.78, 5) is 3.90. The van der Waals surface area contributed by atoms with Crippen molar-refractivity contribution < 1.29 is 0 Å². The number of rotatable bonds is 2. The van der Waals surface area contributed by atoms with Crippen LogP contribution in [0.2, 0.25) is 0 Å². The first-order chi connectivity index (χ1) is 5.16. The highest BCUT2D eigenvalue weighted by Gasteiger charge is 1.82. The van der Waals surface area contributed by atoms with Crippen molar-refractivity contribution in [3.05, 3.63) is 24.9 Å². The van der Waals surface area contributed by atoms with Gasteiger partial charge in [-0.3, -0.25) is 0 Å². The molecule has 0 aromatic rings. The first-order valence-electron chi connectivity index (χ1n) is 3.52. The van der Waals surface area contributed by atoms with Crippen molar-refractivity contribution >= 4 is 6.21 Å². The zero-order valence-electron chi connectivity index (χ0n) is 7.09. The monoisotopic (exact) mass is 147 g/mol. The van der Waals surface area contributed by atoms with E-state index in [4.69, 9.17) is 0 Å². The van der Waals surface area contributed by atoms with Crippen LogP contribution in [0.5, 0.6) is 0 Å². The second-order valence-corrected chi connectivity index (χ2v) is 2.38. The maximum Gasteiger partial charge on any atom is 0.105 e. The average Bonchev–Trinajstić information content (AvgIpc) is 1.97. The molecule has 0 bridgehead atoms. The van der Waals surface area contributed by atoms with Gasteiger partial charge in [-0.15, -0.1) is 0 Å². The first-order valence-corrected chi connectivity index (χ1v) is 3.52. The van der Waals surface area contributed by atoms with E-state index in [9.17, 15) is 0 Å². The molecular formula is C10H13N. The van der Waals surface area contributed by atoms with E-state index in [0.717, 1.165) is 0 Å². The number of aliphatic imine (C=N–C) groups is 1. The Bertz CT molecular complexity index is 223. The summed E-state index contributed by atoms with van der Waals surface area (Å²) in [5.74, 6) is 6.15. The third-order valence-electron chi connectivity index (χ3n) is 0.841. The van der Waals surface area contributed by atoms with Crippen molar-refractivity contribution in [2.75, 3.05) is 0 Å². The molecule has 0 aliphatic carbocycles. The molecule has 0 rings (SSSR count). The summed E-state index contributed by atoms with van der Waals surface area (Å²) in [6, 6.07) is 0. The molecule has 58 valence electrons. The molecule has 1 nitrogen and oxygen atoms in total. The van der Waals surface area contributed by atoms with E-state index in [-0.39, 0.29) is 0 Å². The van der Waals surface area contributed by atoms with Crippen LogP contribution in [0.3, 0.4) is 0 Å². The van der Waals surface area contributed by atoms with Crippen LogP contribution in [0.1, 0.15) is 13.8 Å². The minimum atomic E-state index is 0.366. The smallest absolute Gasteiger partial charge is 0.105 e. The molecule has 0 aromatic carbocycles. The Morgan fingerprint density at radius 1 is 1.55 bits per heavy atom. The fraction of sp³-hybridized carbons (Fsp3) is 0.300. The Morgan fingerprint density at radius 3 is 2.64 bits per heavy atom. The maximum atomic E-state index is 3.90. The minimum Gasteiger partial charge on any atom is -0.248 e. The fourth-order valence-electron chi connectivity index (χ4n) is 0.403. The third-order valence-corrected chi connectivity index (χ3v) is 0.841. The Morgan fingerprint density at radius 2 is 2.18 bits per heavy atom. The van der Waals surface area contributed by atoms with Gasteiger partial charge in [0.05, 0.1) is 0 Å². The van der Waals surface area contributed by atoms with Crippen molar-refractivity contribution in [1.82, 2.24) is 0 Å². The van der Waals surface area contributed by atoms with Crippen molar-refractivity contribution in [1.29, 1.82) is 0 Å². The summed E-state index contributed by atoms with van der Waals surface area (Å²) in [5, 5.41) is 0. The van der Waals surface area contributed by atoms with Crippen molar-refractivity contribution in [3.63, 3.8) is 0 Å². The van der Waals surface area contributed by atoms with E-state index in [1.54, 1.807) is 12.3 Å². The van der Waals surface area contributed by atoms with Crippen molar-refractivity contribution in [2.24, 2.45) is 10.9 Å². The summed E-state index contributed by atoms with van der Waals surface area (Å²) < 4.78 is 0. The van der Waals surface area contributed by atoms with Gasteiger partial charge >= 0.3 is 0 Å². The normalized spacial score (nSPS) is 9.36. The maximum absolute atomic E-state index is 3.90. The third kappa shape index (κ3) is 6.60. The van der Waals surface area contributed by atoms with Gasteiger partial charge in [0.1, 0.15) is 5.70 Å². The van der Waals surface area contributed by atoms with E-state index in [0.29, 0.717) is 11.6 Å². The Kier molecular flexibility index (Phi) is 4.85. The number of allylic oxidation sites excluding steroid dienone is 2. The molecule has 0 atom stereocenters. The molecular weight excluding hydrogens is 134 g/mol. The zero-order valence-corrected chi connectivity index (χ0v) is 7.09. The SMILES string of the molecule is C=CC=NC(=C)C#CC(C)C. The van der Waals surface area contributed by atoms with Gasteiger partial charge in [0, 0.05) is 12.1 Å². The molecule has 0 fully saturated rings. The summed E-state index contributed by atoms with van der Waals surface area (Å²) in [6.45, 7) is 11.2. The minimum absolute atomic E-state index is 0.366. The average molecular weight is 147 g/mol. The van der Waals surface area contributed by atoms with Crippen molar-refractivity contribution in [2.45, 2.75) is 13.8 Å². The molecule has 0 aromatic heterocycles. The zero-order chi connectivity index (χ0) is 8.69. The molecule has 0 N–H and O–H groups in total. The Hall–Kier alpha value is -1.29. The lowest BCUT2D eigenvalue weighted by atomic mass is 10.2. The van der Waals surface area contributed by atoms with Crippen LogP contribution in [-0.2, 0) is 0 Å². The molecule has 0 aliphatic heterocycles. The van der Waals surface area contributed by atoms with Gasteiger partial charge in [-0.1, -0.05) is 39.0 Å². The van der Waals surface area contributed by atoms with Crippen LogP contribution in [0, 0.1) is 17.8 Å². The fourth-order valence-corrected chi connectivity index (χ4v) is 0.403. The molecule has 1 heteroatoms. The lowest BCUT2D eigenvalue weighted by molar-refractivity contribution is 0.866. The van der Waals surface area contributed by atoms with Crippen LogP contribution in [-0.4, -0.2) is 6.21 Å². The molecule has 0 unspecified atom stereocenters. The summed E-state index contributed by atoms with van der Waals surface area (Å²) >= 11 is 0. The number of nitrogens with zero attached hydrogens (tertiary/aromatic N) is 1. The molecule has 0 saturated heterocycles. The van der Waals surface area contributed by atoms with Gasteiger partial charge in [0.2, 0.25) is 0 Å². The lowest BCUT2D eigenvalue weighted by Gasteiger charge is -1.87. The predicted octanol–water partition coefficient (Wildman–Crippen LogP) is 2.42. The topological polar surface area (TPSA) is 12.4 Å². The van der Waals surface area contributed by atoms with E-state index in [1.807, 2.05) is 13.8 Å². The van der Waals surface area contributed by atoms with Gasteiger partial charge in [-0.2, -0.15) is 0 Å². The first kappa shape index (κ1) is 9.71. The van der Waals surface area contributed by atoms with Crippen LogP contribution in [0.4, 0.5) is 0 Å². The highest BCUT2D eigenvalue weighted by molar-refractivity contribution is 5.71. The van der Waals surface area contributed by atoms with Crippen LogP contribution < -0.4 is 0 Å². The van der Waals surface area contributed by atoms with Crippen LogP contribution in [0.15, 0.2) is 29.9 Å². The molecule has 0 aliphatic rings. The van der Waals surface area contributed by atoms with Gasteiger partial charge in [-0.25, -0.2) is 4.99 Å². The number of hydrogen-bond donors (Lipinski definition) is 0. The Balaban J connectivity index is 4.00. The predicted molar refractivity (Wildman–Crippen MR) is 50.4 cm³/mol. The summed E-state index contributed by atoms with van der Waals surface area (Å²) in [5.41, 5.74) is 0.582. The van der Waals surface area contributed by atoms with Crippen molar-refractivity contribution in [3.8, 4) is 11.8 Å². The van der Waals surface area contributed by atoms with Gasteiger partial charge in [-0.05, 0) is 5.92 Å². The largest absolute Gasteiger partial charge is 0.248 e. The van der Waals surface area contributed by atoms with Crippen LogP contribution in [0.25, 0.3) is 0 Å². The molecule has 0 heterocycles. The summed E-state index contributed by atoms with van der Waals surface area (Å²) in [7, 11) is 0. The summed E-state index contributed by atoms with van der Waals surface area (Å²) in [6.07, 6.45) is 3.18. The van der Waals surface area contributed by atoms with E-state index < -0.39 is 0 Å². The number of hydrogen-bond acceptors (Lipinski definition) is 1.